The van der Waals surface area contributed by atoms with E-state index in [1.54, 1.807) is 4.68 Å². The van der Waals surface area contributed by atoms with Crippen molar-refractivity contribution in [1.29, 1.82) is 0 Å². The van der Waals surface area contributed by atoms with Gasteiger partial charge in [0.2, 0.25) is 0 Å². The van der Waals surface area contributed by atoms with Gasteiger partial charge in [-0.05, 0) is 31.2 Å². The Morgan fingerprint density at radius 1 is 1.32 bits per heavy atom. The predicted molar refractivity (Wildman–Crippen MR) is 75.4 cm³/mol. The summed E-state index contributed by atoms with van der Waals surface area (Å²) in [6.45, 7) is 2.84. The highest BCUT2D eigenvalue weighted by atomic mass is 19.1. The van der Waals surface area contributed by atoms with Crippen molar-refractivity contribution in [2.75, 3.05) is 7.05 Å². The maximum absolute atomic E-state index is 14.1. The van der Waals surface area contributed by atoms with E-state index in [1.165, 1.54) is 6.07 Å². The van der Waals surface area contributed by atoms with E-state index in [9.17, 15) is 4.39 Å². The summed E-state index contributed by atoms with van der Waals surface area (Å²) in [6.07, 6.45) is 3.76. The minimum atomic E-state index is -0.190. The van der Waals surface area contributed by atoms with E-state index in [2.05, 4.69) is 17.3 Å². The lowest BCUT2D eigenvalue weighted by molar-refractivity contribution is 0.629. The zero-order valence-corrected chi connectivity index (χ0v) is 11.7. The van der Waals surface area contributed by atoms with Gasteiger partial charge in [0.05, 0.1) is 5.69 Å². The third kappa shape index (κ3) is 3.01. The average molecular weight is 261 g/mol. The molecule has 0 bridgehead atoms. The van der Waals surface area contributed by atoms with Crippen molar-refractivity contribution in [3.8, 4) is 11.1 Å². The summed E-state index contributed by atoms with van der Waals surface area (Å²) in [5.74, 6) is -0.190. The predicted octanol–water partition coefficient (Wildman–Crippen LogP) is 2.90. The molecule has 0 saturated heterocycles. The number of hydrogen-bond donors (Lipinski definition) is 1. The van der Waals surface area contributed by atoms with E-state index < -0.39 is 0 Å². The number of rotatable bonds is 5. The summed E-state index contributed by atoms with van der Waals surface area (Å²) >= 11 is 0. The average Bonchev–Trinajstić information content (AvgIpc) is 2.73. The molecule has 3 nitrogen and oxygen atoms in total. The molecule has 0 spiro atoms. The Labute approximate surface area is 113 Å². The Hall–Kier alpha value is -1.68. The highest BCUT2D eigenvalue weighted by Crippen LogP contribution is 2.27. The SMILES string of the molecule is CCCc1nn(C)cc1-c1cc(CNC)ccc1F. The molecule has 2 aromatic rings. The van der Waals surface area contributed by atoms with Crippen molar-refractivity contribution in [3.05, 3.63) is 41.5 Å². The van der Waals surface area contributed by atoms with Gasteiger partial charge in [0.15, 0.2) is 0 Å². The highest BCUT2D eigenvalue weighted by Gasteiger charge is 2.13. The topological polar surface area (TPSA) is 29.9 Å². The summed E-state index contributed by atoms with van der Waals surface area (Å²) in [5, 5.41) is 7.51. The smallest absolute Gasteiger partial charge is 0.131 e. The molecule has 0 radical (unpaired) electrons. The second-order valence-electron chi connectivity index (χ2n) is 4.76. The first kappa shape index (κ1) is 13.7. The zero-order chi connectivity index (χ0) is 13.8. The fraction of sp³-hybridized carbons (Fsp3) is 0.400. The number of nitrogens with zero attached hydrogens (tertiary/aromatic N) is 2. The lowest BCUT2D eigenvalue weighted by atomic mass is 10.0. The number of hydrogen-bond acceptors (Lipinski definition) is 2. The van der Waals surface area contributed by atoms with Crippen LogP contribution in [0.5, 0.6) is 0 Å². The van der Waals surface area contributed by atoms with Crippen molar-refractivity contribution in [2.45, 2.75) is 26.3 Å². The first-order valence-electron chi connectivity index (χ1n) is 6.61. The van der Waals surface area contributed by atoms with Gasteiger partial charge >= 0.3 is 0 Å². The van der Waals surface area contributed by atoms with Gasteiger partial charge in [-0.1, -0.05) is 19.4 Å². The van der Waals surface area contributed by atoms with Crippen LogP contribution in [0, 0.1) is 5.82 Å². The first-order chi connectivity index (χ1) is 9.15. The molecule has 0 aliphatic heterocycles. The Balaban J connectivity index is 2.47. The molecule has 0 aliphatic rings. The molecule has 1 heterocycles. The first-order valence-corrected chi connectivity index (χ1v) is 6.61. The molecule has 0 amide bonds. The summed E-state index contributed by atoms with van der Waals surface area (Å²) in [5.41, 5.74) is 3.58. The molecule has 0 aliphatic carbocycles. The van der Waals surface area contributed by atoms with Gasteiger partial charge in [0.25, 0.3) is 0 Å². The molecule has 1 aromatic heterocycles. The third-order valence-corrected chi connectivity index (χ3v) is 3.09. The summed E-state index contributed by atoms with van der Waals surface area (Å²) in [4.78, 5) is 0. The van der Waals surface area contributed by atoms with Crippen LogP contribution in [0.15, 0.2) is 24.4 Å². The minimum Gasteiger partial charge on any atom is -0.316 e. The van der Waals surface area contributed by atoms with E-state index in [0.29, 0.717) is 5.56 Å². The highest BCUT2D eigenvalue weighted by molar-refractivity contribution is 5.66. The van der Waals surface area contributed by atoms with Crippen molar-refractivity contribution >= 4 is 0 Å². The van der Waals surface area contributed by atoms with E-state index in [4.69, 9.17) is 0 Å². The fourth-order valence-corrected chi connectivity index (χ4v) is 2.27. The zero-order valence-electron chi connectivity index (χ0n) is 11.7. The normalized spacial score (nSPS) is 10.9. The number of aromatic nitrogens is 2. The van der Waals surface area contributed by atoms with E-state index >= 15 is 0 Å². The Morgan fingerprint density at radius 3 is 2.79 bits per heavy atom. The summed E-state index contributed by atoms with van der Waals surface area (Å²) in [6, 6.07) is 5.25. The molecule has 1 aromatic carbocycles. The molecular formula is C15H20FN3. The number of benzene rings is 1. The summed E-state index contributed by atoms with van der Waals surface area (Å²) < 4.78 is 15.8. The molecular weight excluding hydrogens is 241 g/mol. The van der Waals surface area contributed by atoms with Crippen LogP contribution in [0.25, 0.3) is 11.1 Å². The molecule has 0 atom stereocenters. The van der Waals surface area contributed by atoms with Gasteiger partial charge < -0.3 is 5.32 Å². The van der Waals surface area contributed by atoms with Crippen LogP contribution in [0.1, 0.15) is 24.6 Å². The van der Waals surface area contributed by atoms with Crippen LogP contribution in [-0.4, -0.2) is 16.8 Å². The molecule has 4 heteroatoms. The van der Waals surface area contributed by atoms with Crippen molar-refractivity contribution in [1.82, 2.24) is 15.1 Å². The van der Waals surface area contributed by atoms with Crippen molar-refractivity contribution < 1.29 is 4.39 Å². The largest absolute Gasteiger partial charge is 0.316 e. The number of halogens is 1. The quantitative estimate of drug-likeness (QED) is 0.897. The van der Waals surface area contributed by atoms with Crippen LogP contribution < -0.4 is 5.32 Å². The van der Waals surface area contributed by atoms with Gasteiger partial charge in [-0.15, -0.1) is 0 Å². The van der Waals surface area contributed by atoms with Crippen molar-refractivity contribution in [3.63, 3.8) is 0 Å². The third-order valence-electron chi connectivity index (χ3n) is 3.09. The molecule has 2 rings (SSSR count). The monoisotopic (exact) mass is 261 g/mol. The molecule has 0 saturated carbocycles. The molecule has 19 heavy (non-hydrogen) atoms. The maximum atomic E-state index is 14.1. The molecule has 102 valence electrons. The van der Waals surface area contributed by atoms with Crippen LogP contribution in [0.4, 0.5) is 4.39 Å². The van der Waals surface area contributed by atoms with E-state index in [0.717, 1.165) is 36.2 Å². The number of aryl methyl sites for hydroxylation is 2. The second kappa shape index (κ2) is 5.97. The van der Waals surface area contributed by atoms with Crippen LogP contribution in [0.2, 0.25) is 0 Å². The minimum absolute atomic E-state index is 0.190. The van der Waals surface area contributed by atoms with Crippen molar-refractivity contribution in [2.24, 2.45) is 7.05 Å². The van der Waals surface area contributed by atoms with E-state index in [-0.39, 0.29) is 5.82 Å². The Kier molecular flexibility index (Phi) is 4.32. The summed E-state index contributed by atoms with van der Waals surface area (Å²) in [7, 11) is 3.76. The van der Waals surface area contributed by atoms with Gasteiger partial charge in [-0.25, -0.2) is 4.39 Å². The van der Waals surface area contributed by atoms with Crippen LogP contribution in [0.3, 0.4) is 0 Å². The van der Waals surface area contributed by atoms with E-state index in [1.807, 2.05) is 32.4 Å². The molecule has 0 fully saturated rings. The fourth-order valence-electron chi connectivity index (χ4n) is 2.27. The van der Waals surface area contributed by atoms with Gasteiger partial charge in [0, 0.05) is 30.9 Å². The Bertz CT molecular complexity index is 561. The Morgan fingerprint density at radius 2 is 2.11 bits per heavy atom. The lowest BCUT2D eigenvalue weighted by Gasteiger charge is -2.07. The maximum Gasteiger partial charge on any atom is 0.131 e. The molecule has 0 unspecified atom stereocenters. The molecule has 1 N–H and O–H groups in total. The van der Waals surface area contributed by atoms with Gasteiger partial charge in [-0.3, -0.25) is 4.68 Å². The lowest BCUT2D eigenvalue weighted by Crippen LogP contribution is -2.05. The van der Waals surface area contributed by atoms with Gasteiger partial charge in [-0.2, -0.15) is 5.10 Å². The van der Waals surface area contributed by atoms with Gasteiger partial charge in [0.1, 0.15) is 5.82 Å². The second-order valence-corrected chi connectivity index (χ2v) is 4.76. The van der Waals surface area contributed by atoms with Crippen LogP contribution >= 0.6 is 0 Å². The standard InChI is InChI=1S/C15H20FN3/c1-4-5-15-13(10-19(3)18-15)12-8-11(9-17-2)6-7-14(12)16/h6-8,10,17H,4-5,9H2,1-3H3. The number of nitrogens with one attached hydrogen (secondary N) is 1. The van der Waals surface area contributed by atoms with Crippen LogP contribution in [-0.2, 0) is 20.0 Å².